The van der Waals surface area contributed by atoms with Gasteiger partial charge in [0.05, 0.1) is 5.69 Å². The molecule has 110 valence electrons. The van der Waals surface area contributed by atoms with Crippen LogP contribution in [0.15, 0.2) is 24.4 Å². The molecule has 2 N–H and O–H groups in total. The standard InChI is InChI=1S/C15H23N3OS/c1-15(11-16)6-8-18(12-15)14(19)5-9-20-10-13-4-2-3-7-17-13/h2-4,7H,5-6,8-12,16H2,1H3. The Hall–Kier alpha value is -1.07. The molecule has 0 radical (unpaired) electrons. The summed E-state index contributed by atoms with van der Waals surface area (Å²) in [5.41, 5.74) is 6.96. The Bertz CT molecular complexity index is 440. The second-order valence-corrected chi connectivity index (χ2v) is 6.81. The highest BCUT2D eigenvalue weighted by Crippen LogP contribution is 2.28. The first-order valence-electron chi connectivity index (χ1n) is 7.08. The second-order valence-electron chi connectivity index (χ2n) is 5.70. The Kier molecular flexibility index (Phi) is 5.43. The van der Waals surface area contributed by atoms with E-state index >= 15 is 0 Å². The second kappa shape index (κ2) is 7.09. The zero-order valence-corrected chi connectivity index (χ0v) is 12.9. The molecule has 2 heterocycles. The summed E-state index contributed by atoms with van der Waals surface area (Å²) >= 11 is 1.76. The van der Waals surface area contributed by atoms with Gasteiger partial charge in [0, 0.05) is 37.2 Å². The van der Waals surface area contributed by atoms with Gasteiger partial charge >= 0.3 is 0 Å². The van der Waals surface area contributed by atoms with E-state index < -0.39 is 0 Å². The van der Waals surface area contributed by atoms with Gasteiger partial charge in [0.15, 0.2) is 0 Å². The molecule has 1 atom stereocenters. The quantitative estimate of drug-likeness (QED) is 0.814. The highest BCUT2D eigenvalue weighted by Gasteiger charge is 2.34. The molecule has 1 saturated heterocycles. The Morgan fingerprint density at radius 3 is 3.05 bits per heavy atom. The third-order valence-electron chi connectivity index (χ3n) is 3.84. The molecule has 0 aromatic carbocycles. The first-order chi connectivity index (χ1) is 9.63. The van der Waals surface area contributed by atoms with Gasteiger partial charge in [0.1, 0.15) is 0 Å². The van der Waals surface area contributed by atoms with E-state index in [2.05, 4.69) is 11.9 Å². The fourth-order valence-electron chi connectivity index (χ4n) is 2.38. The summed E-state index contributed by atoms with van der Waals surface area (Å²) in [5, 5.41) is 0. The third kappa shape index (κ3) is 4.21. The Morgan fingerprint density at radius 1 is 1.55 bits per heavy atom. The van der Waals surface area contributed by atoms with Crippen LogP contribution in [0.2, 0.25) is 0 Å². The van der Waals surface area contributed by atoms with Gasteiger partial charge in [-0.2, -0.15) is 11.8 Å². The molecule has 1 aliphatic rings. The molecule has 1 aromatic heterocycles. The van der Waals surface area contributed by atoms with Gasteiger partial charge in [-0.15, -0.1) is 0 Å². The molecule has 1 fully saturated rings. The highest BCUT2D eigenvalue weighted by atomic mass is 32.2. The summed E-state index contributed by atoms with van der Waals surface area (Å²) in [6.45, 7) is 4.49. The van der Waals surface area contributed by atoms with Crippen LogP contribution in [0.25, 0.3) is 0 Å². The summed E-state index contributed by atoms with van der Waals surface area (Å²) in [7, 11) is 0. The van der Waals surface area contributed by atoms with Crippen molar-refractivity contribution in [2.75, 3.05) is 25.4 Å². The topological polar surface area (TPSA) is 59.2 Å². The Morgan fingerprint density at radius 2 is 2.40 bits per heavy atom. The van der Waals surface area contributed by atoms with Crippen molar-refractivity contribution in [3.05, 3.63) is 30.1 Å². The van der Waals surface area contributed by atoms with Crippen molar-refractivity contribution in [2.24, 2.45) is 11.1 Å². The minimum atomic E-state index is 0.122. The number of thioether (sulfide) groups is 1. The monoisotopic (exact) mass is 293 g/mol. The lowest BCUT2D eigenvalue weighted by Gasteiger charge is -2.22. The molecule has 0 saturated carbocycles. The number of hydrogen-bond acceptors (Lipinski definition) is 4. The first-order valence-corrected chi connectivity index (χ1v) is 8.24. The summed E-state index contributed by atoms with van der Waals surface area (Å²) in [5.74, 6) is 1.98. The van der Waals surface area contributed by atoms with Crippen LogP contribution in [0, 0.1) is 5.41 Å². The number of pyridine rings is 1. The van der Waals surface area contributed by atoms with Gasteiger partial charge < -0.3 is 10.6 Å². The average molecular weight is 293 g/mol. The van der Waals surface area contributed by atoms with Gasteiger partial charge in [-0.25, -0.2) is 0 Å². The van der Waals surface area contributed by atoms with Gasteiger partial charge in [-0.05, 0) is 30.5 Å². The maximum absolute atomic E-state index is 12.1. The Labute approximate surface area is 125 Å². The number of aromatic nitrogens is 1. The van der Waals surface area contributed by atoms with Gasteiger partial charge in [-0.3, -0.25) is 9.78 Å². The SMILES string of the molecule is CC1(CN)CCN(C(=O)CCSCc2ccccn2)C1. The molecule has 20 heavy (non-hydrogen) atoms. The van der Waals surface area contributed by atoms with Crippen LogP contribution in [0.3, 0.4) is 0 Å². The van der Waals surface area contributed by atoms with Crippen molar-refractivity contribution in [1.82, 2.24) is 9.88 Å². The number of hydrogen-bond donors (Lipinski definition) is 1. The lowest BCUT2D eigenvalue weighted by Crippen LogP contribution is -2.34. The summed E-state index contributed by atoms with van der Waals surface area (Å²) in [4.78, 5) is 18.4. The Balaban J connectivity index is 1.66. The third-order valence-corrected chi connectivity index (χ3v) is 4.83. The number of amides is 1. The molecule has 2 rings (SSSR count). The largest absolute Gasteiger partial charge is 0.342 e. The summed E-state index contributed by atoms with van der Waals surface area (Å²) in [6, 6.07) is 5.92. The predicted molar refractivity (Wildman–Crippen MR) is 83.4 cm³/mol. The number of nitrogens with two attached hydrogens (primary N) is 1. The van der Waals surface area contributed by atoms with Gasteiger partial charge in [-0.1, -0.05) is 13.0 Å². The highest BCUT2D eigenvalue weighted by molar-refractivity contribution is 7.98. The maximum Gasteiger partial charge on any atom is 0.223 e. The van der Waals surface area contributed by atoms with Crippen LogP contribution >= 0.6 is 11.8 Å². The molecule has 1 aromatic rings. The molecule has 0 bridgehead atoms. The van der Waals surface area contributed by atoms with Gasteiger partial charge in [0.2, 0.25) is 5.91 Å². The minimum absolute atomic E-state index is 0.122. The first kappa shape index (κ1) is 15.3. The zero-order chi connectivity index (χ0) is 14.4. The lowest BCUT2D eigenvalue weighted by molar-refractivity contribution is -0.130. The molecule has 1 aliphatic heterocycles. The van der Waals surface area contributed by atoms with E-state index in [-0.39, 0.29) is 11.3 Å². The van der Waals surface area contributed by atoms with Crippen LogP contribution in [0.4, 0.5) is 0 Å². The van der Waals surface area contributed by atoms with Crippen LogP contribution < -0.4 is 5.73 Å². The number of carbonyl (C=O) groups is 1. The van der Waals surface area contributed by atoms with E-state index in [4.69, 9.17) is 5.73 Å². The molecular weight excluding hydrogens is 270 g/mol. The van der Waals surface area contributed by atoms with Crippen LogP contribution in [0.5, 0.6) is 0 Å². The minimum Gasteiger partial charge on any atom is -0.342 e. The van der Waals surface area contributed by atoms with E-state index in [9.17, 15) is 4.79 Å². The maximum atomic E-state index is 12.1. The van der Waals surface area contributed by atoms with Crippen molar-refractivity contribution in [3.63, 3.8) is 0 Å². The number of likely N-dealkylation sites (tertiary alicyclic amines) is 1. The molecule has 5 heteroatoms. The van der Waals surface area contributed by atoms with Crippen molar-refractivity contribution in [1.29, 1.82) is 0 Å². The molecule has 4 nitrogen and oxygen atoms in total. The fourth-order valence-corrected chi connectivity index (χ4v) is 3.22. The summed E-state index contributed by atoms with van der Waals surface area (Å²) in [6.07, 6.45) is 3.44. The molecule has 1 unspecified atom stereocenters. The van der Waals surface area contributed by atoms with E-state index in [1.807, 2.05) is 23.1 Å². The summed E-state index contributed by atoms with van der Waals surface area (Å²) < 4.78 is 0. The number of rotatable bonds is 6. The molecule has 0 spiro atoms. The fraction of sp³-hybridized carbons (Fsp3) is 0.600. The predicted octanol–water partition coefficient (Wildman–Crippen LogP) is 1.90. The molecule has 1 amide bonds. The average Bonchev–Trinajstić information content (AvgIpc) is 2.88. The van der Waals surface area contributed by atoms with Crippen molar-refractivity contribution in [2.45, 2.75) is 25.5 Å². The van der Waals surface area contributed by atoms with Crippen molar-refractivity contribution >= 4 is 17.7 Å². The number of carbonyl (C=O) groups excluding carboxylic acids is 1. The van der Waals surface area contributed by atoms with Crippen LogP contribution in [-0.4, -0.2) is 41.2 Å². The van der Waals surface area contributed by atoms with E-state index in [1.54, 1.807) is 18.0 Å². The van der Waals surface area contributed by atoms with Crippen LogP contribution in [0.1, 0.15) is 25.5 Å². The molecule has 0 aliphatic carbocycles. The van der Waals surface area contributed by atoms with E-state index in [0.29, 0.717) is 13.0 Å². The number of nitrogens with zero attached hydrogens (tertiary/aromatic N) is 2. The van der Waals surface area contributed by atoms with Crippen molar-refractivity contribution in [3.8, 4) is 0 Å². The lowest BCUT2D eigenvalue weighted by atomic mass is 9.90. The van der Waals surface area contributed by atoms with E-state index in [1.165, 1.54) is 0 Å². The normalized spacial score (nSPS) is 22.2. The van der Waals surface area contributed by atoms with Gasteiger partial charge in [0.25, 0.3) is 0 Å². The van der Waals surface area contributed by atoms with E-state index in [0.717, 1.165) is 36.7 Å². The zero-order valence-electron chi connectivity index (χ0n) is 12.0. The smallest absolute Gasteiger partial charge is 0.223 e. The molecular formula is C15H23N3OS. The van der Waals surface area contributed by atoms with Crippen LogP contribution in [-0.2, 0) is 10.5 Å². The van der Waals surface area contributed by atoms with Crippen molar-refractivity contribution < 1.29 is 4.79 Å².